The summed E-state index contributed by atoms with van der Waals surface area (Å²) >= 11 is 0. The minimum atomic E-state index is -5.02. The predicted octanol–water partition coefficient (Wildman–Crippen LogP) is -1.18. The van der Waals surface area contributed by atoms with Crippen LogP contribution in [0.25, 0.3) is 0 Å². The quantitative estimate of drug-likeness (QED) is 0.687. The fourth-order valence-corrected chi connectivity index (χ4v) is 1.14. The number of rotatable bonds is 4. The van der Waals surface area contributed by atoms with E-state index in [4.69, 9.17) is 4.74 Å². The van der Waals surface area contributed by atoms with E-state index >= 15 is 0 Å². The monoisotopic (exact) mass is 255 g/mol. The summed E-state index contributed by atoms with van der Waals surface area (Å²) in [7, 11) is 1.35. The Bertz CT molecular complexity index is 387. The van der Waals surface area contributed by atoms with Gasteiger partial charge in [0.2, 0.25) is 0 Å². The van der Waals surface area contributed by atoms with E-state index in [9.17, 15) is 17.7 Å². The Kier molecular flexibility index (Phi) is 6.66. The number of methoxy groups -OCH3 is 1. The molecule has 0 aromatic heterocycles. The molecular formula is C9H10BF3NNaO2. The maximum absolute atomic E-state index is 11.9. The predicted molar refractivity (Wildman–Crippen MR) is 54.4 cm³/mol. The first kappa shape index (κ1) is 16.3. The van der Waals surface area contributed by atoms with Crippen molar-refractivity contribution in [1.29, 1.82) is 0 Å². The molecule has 88 valence electrons. The largest absolute Gasteiger partial charge is 1.00 e. The maximum Gasteiger partial charge on any atom is 1.00 e. The van der Waals surface area contributed by atoms with Crippen molar-refractivity contribution in [2.75, 3.05) is 13.6 Å². The van der Waals surface area contributed by atoms with E-state index in [1.54, 1.807) is 17.4 Å². The fourth-order valence-electron chi connectivity index (χ4n) is 1.14. The molecular weight excluding hydrogens is 245 g/mol. The molecule has 0 unspecified atom stereocenters. The average Bonchev–Trinajstić information content (AvgIpc) is 2.25. The molecule has 0 aliphatic carbocycles. The van der Waals surface area contributed by atoms with Gasteiger partial charge in [0.25, 0.3) is 5.91 Å². The zero-order chi connectivity index (χ0) is 12.2. The van der Waals surface area contributed by atoms with Crippen molar-refractivity contribution in [1.82, 2.24) is 5.32 Å². The molecule has 1 aromatic rings. The van der Waals surface area contributed by atoms with Gasteiger partial charge in [0.15, 0.2) is 0 Å². The summed E-state index contributed by atoms with van der Waals surface area (Å²) in [6, 6.07) is 6.09. The van der Waals surface area contributed by atoms with Crippen LogP contribution < -0.4 is 39.6 Å². The second-order valence-electron chi connectivity index (χ2n) is 3.12. The first-order valence-electron chi connectivity index (χ1n) is 4.56. The third kappa shape index (κ3) is 5.47. The molecule has 3 nitrogen and oxygen atoms in total. The van der Waals surface area contributed by atoms with Crippen molar-refractivity contribution in [3.63, 3.8) is 0 Å². The van der Waals surface area contributed by atoms with Crippen LogP contribution >= 0.6 is 0 Å². The molecule has 0 bridgehead atoms. The minimum Gasteiger partial charge on any atom is -0.496 e. The molecule has 0 radical (unpaired) electrons. The summed E-state index contributed by atoms with van der Waals surface area (Å²) in [5.74, 6) is -0.550. The van der Waals surface area contributed by atoms with E-state index in [1.807, 2.05) is 0 Å². The van der Waals surface area contributed by atoms with Gasteiger partial charge in [-0.2, -0.15) is 0 Å². The summed E-state index contributed by atoms with van der Waals surface area (Å²) < 4.78 is 40.7. The number of hydrogen-bond donors (Lipinski definition) is 1. The molecule has 17 heavy (non-hydrogen) atoms. The van der Waals surface area contributed by atoms with Gasteiger partial charge in [0, 0.05) is 0 Å². The van der Waals surface area contributed by atoms with Crippen molar-refractivity contribution in [2.45, 2.75) is 0 Å². The maximum atomic E-state index is 11.9. The van der Waals surface area contributed by atoms with Gasteiger partial charge in [-0.3, -0.25) is 4.79 Å². The molecule has 0 saturated carbocycles. The van der Waals surface area contributed by atoms with Crippen LogP contribution in [-0.4, -0.2) is 26.4 Å². The molecule has 1 N–H and O–H groups in total. The van der Waals surface area contributed by atoms with Gasteiger partial charge in [-0.25, -0.2) is 0 Å². The summed E-state index contributed by atoms with van der Waals surface area (Å²) in [5, 5.41) is 1.80. The Hall–Kier alpha value is -0.655. The van der Waals surface area contributed by atoms with Crippen LogP contribution in [0.3, 0.4) is 0 Å². The van der Waals surface area contributed by atoms with Gasteiger partial charge in [0.1, 0.15) is 5.75 Å². The summed E-state index contributed by atoms with van der Waals surface area (Å²) in [5.41, 5.74) is 0.0880. The van der Waals surface area contributed by atoms with Gasteiger partial charge in [-0.1, -0.05) is 12.1 Å². The van der Waals surface area contributed by atoms with E-state index < -0.39 is 19.3 Å². The van der Waals surface area contributed by atoms with Gasteiger partial charge < -0.3 is 23.0 Å². The van der Waals surface area contributed by atoms with E-state index in [2.05, 4.69) is 0 Å². The molecule has 0 spiro atoms. The molecule has 1 amide bonds. The van der Waals surface area contributed by atoms with E-state index in [0.29, 0.717) is 0 Å². The average molecular weight is 255 g/mol. The summed E-state index contributed by atoms with van der Waals surface area (Å²) in [4.78, 5) is 11.4. The molecule has 0 atom stereocenters. The SMILES string of the molecule is COc1ccccc1C(=O)NC[B-](F)(F)F.[Na+]. The van der Waals surface area contributed by atoms with E-state index in [1.165, 1.54) is 19.2 Å². The second-order valence-corrected chi connectivity index (χ2v) is 3.12. The molecule has 8 heteroatoms. The smallest absolute Gasteiger partial charge is 0.496 e. The number of carbonyl (C=O) groups is 1. The second kappa shape index (κ2) is 6.93. The van der Waals surface area contributed by atoms with Crippen molar-refractivity contribution in [3.8, 4) is 5.75 Å². The number of nitrogens with one attached hydrogen (secondary N) is 1. The van der Waals surface area contributed by atoms with Gasteiger partial charge in [-0.15, -0.1) is 0 Å². The van der Waals surface area contributed by atoms with E-state index in [0.717, 1.165) is 0 Å². The Morgan fingerprint density at radius 1 is 1.35 bits per heavy atom. The standard InChI is InChI=1S/C9H10BF3NO2.Na/c1-16-8-5-3-2-4-7(8)9(15)14-6-10(11,12)13;/h2-5H,6H2,1H3,(H,14,15);/q-1;+1. The van der Waals surface area contributed by atoms with Crippen LogP contribution in [-0.2, 0) is 0 Å². The normalized spacial score (nSPS) is 10.4. The zero-order valence-corrected chi connectivity index (χ0v) is 11.5. The minimum absolute atomic E-state index is 0. The molecule has 0 heterocycles. The number of halogens is 3. The van der Waals surface area contributed by atoms with Crippen molar-refractivity contribution < 1.29 is 52.0 Å². The van der Waals surface area contributed by atoms with Gasteiger partial charge in [-0.05, 0) is 18.6 Å². The van der Waals surface area contributed by atoms with Crippen molar-refractivity contribution in [2.24, 2.45) is 0 Å². The molecule has 0 aliphatic heterocycles. The Balaban J connectivity index is 0.00000256. The molecule has 1 rings (SSSR count). The third-order valence-electron chi connectivity index (χ3n) is 1.85. The number of para-hydroxylation sites is 1. The fraction of sp³-hybridized carbons (Fsp3) is 0.222. The van der Waals surface area contributed by atoms with Gasteiger partial charge in [0.05, 0.1) is 12.7 Å². The first-order chi connectivity index (χ1) is 7.44. The molecule has 1 aromatic carbocycles. The number of hydrogen-bond acceptors (Lipinski definition) is 2. The number of carbonyl (C=O) groups excluding carboxylic acids is 1. The summed E-state index contributed by atoms with van der Waals surface area (Å²) in [6.45, 7) is -5.02. The zero-order valence-electron chi connectivity index (χ0n) is 9.54. The van der Waals surface area contributed by atoms with Gasteiger partial charge >= 0.3 is 36.5 Å². The number of ether oxygens (including phenoxy) is 1. The topological polar surface area (TPSA) is 38.3 Å². The summed E-state index contributed by atoms with van der Waals surface area (Å²) in [6.07, 6.45) is -1.29. The third-order valence-corrected chi connectivity index (χ3v) is 1.85. The van der Waals surface area contributed by atoms with Crippen LogP contribution in [0.5, 0.6) is 5.75 Å². The molecule has 0 saturated heterocycles. The van der Waals surface area contributed by atoms with Crippen LogP contribution in [0, 0.1) is 0 Å². The molecule has 0 fully saturated rings. The van der Waals surface area contributed by atoms with Crippen LogP contribution in [0.2, 0.25) is 0 Å². The number of benzene rings is 1. The number of amides is 1. The Morgan fingerprint density at radius 2 is 1.94 bits per heavy atom. The van der Waals surface area contributed by atoms with E-state index in [-0.39, 0.29) is 40.9 Å². The van der Waals surface area contributed by atoms with Crippen LogP contribution in [0.15, 0.2) is 24.3 Å². The molecule has 0 aliphatic rings. The van der Waals surface area contributed by atoms with Crippen molar-refractivity contribution >= 4 is 12.9 Å². The van der Waals surface area contributed by atoms with Crippen LogP contribution in [0.1, 0.15) is 10.4 Å². The first-order valence-corrected chi connectivity index (χ1v) is 4.56. The van der Waals surface area contributed by atoms with Crippen LogP contribution in [0.4, 0.5) is 12.9 Å². The van der Waals surface area contributed by atoms with Crippen molar-refractivity contribution in [3.05, 3.63) is 29.8 Å². The Morgan fingerprint density at radius 3 is 2.47 bits per heavy atom. The Labute approximate surface area is 119 Å².